The molecule has 2 fully saturated rings. The maximum atomic E-state index is 13.2. The van der Waals surface area contributed by atoms with Gasteiger partial charge in [0.2, 0.25) is 17.8 Å². The smallest absolute Gasteiger partial charge is 0.247 e. The molecule has 2 amide bonds. The lowest BCUT2D eigenvalue weighted by Crippen LogP contribution is -2.45. The van der Waals surface area contributed by atoms with Crippen molar-refractivity contribution in [2.75, 3.05) is 43.4 Å². The van der Waals surface area contributed by atoms with E-state index in [-0.39, 0.29) is 24.3 Å². The number of carbonyl (C=O) groups excluding carboxylic acids is 2. The first-order valence-electron chi connectivity index (χ1n) is 11.2. The molecule has 1 aromatic rings. The van der Waals surface area contributed by atoms with Gasteiger partial charge in [-0.3, -0.25) is 14.9 Å². The third kappa shape index (κ3) is 5.15. The average Bonchev–Trinajstić information content (AvgIpc) is 3.43. The van der Waals surface area contributed by atoms with Crippen LogP contribution < -0.4 is 16.0 Å². The average molecular weight is 502 g/mol. The van der Waals surface area contributed by atoms with Crippen LogP contribution in [0, 0.1) is 11.5 Å². The molecule has 3 aliphatic heterocycles. The van der Waals surface area contributed by atoms with Gasteiger partial charge in [-0.25, -0.2) is 4.99 Å². The van der Waals surface area contributed by atoms with Crippen LogP contribution >= 0.6 is 15.9 Å². The van der Waals surface area contributed by atoms with Gasteiger partial charge in [0.05, 0.1) is 17.9 Å². The molecule has 0 spiro atoms. The van der Waals surface area contributed by atoms with Crippen LogP contribution in [0.2, 0.25) is 0 Å². The Morgan fingerprint density at radius 3 is 2.81 bits per heavy atom. The van der Waals surface area contributed by atoms with Gasteiger partial charge in [-0.15, -0.1) is 0 Å². The van der Waals surface area contributed by atoms with Crippen molar-refractivity contribution in [1.29, 1.82) is 5.26 Å². The fraction of sp³-hybridized carbons (Fsp3) is 0.545. The summed E-state index contributed by atoms with van der Waals surface area (Å²) in [5.74, 6) is 0.0732. The molecule has 1 unspecified atom stereocenters. The number of nitrogens with one attached hydrogen (secondary N) is 3. The van der Waals surface area contributed by atoms with Crippen molar-refractivity contribution in [2.45, 2.75) is 44.6 Å². The Bertz CT molecular complexity index is 952. The molecule has 32 heavy (non-hydrogen) atoms. The van der Waals surface area contributed by atoms with Crippen molar-refractivity contribution >= 4 is 45.1 Å². The Morgan fingerprint density at radius 2 is 2.03 bits per heavy atom. The van der Waals surface area contributed by atoms with Crippen molar-refractivity contribution in [1.82, 2.24) is 15.1 Å². The molecule has 170 valence electrons. The van der Waals surface area contributed by atoms with Crippen LogP contribution in [0.4, 0.5) is 11.4 Å². The maximum Gasteiger partial charge on any atom is 0.247 e. The molecule has 0 bridgehead atoms. The Labute approximate surface area is 196 Å². The summed E-state index contributed by atoms with van der Waals surface area (Å²) in [5.41, 5.74) is 2.94. The van der Waals surface area contributed by atoms with Crippen LogP contribution in [0.3, 0.4) is 0 Å². The second kappa shape index (κ2) is 10.2. The highest BCUT2D eigenvalue weighted by atomic mass is 79.9. The van der Waals surface area contributed by atoms with E-state index in [9.17, 15) is 14.9 Å². The van der Waals surface area contributed by atoms with Crippen molar-refractivity contribution in [2.24, 2.45) is 4.99 Å². The Hall–Kier alpha value is -2.80. The normalized spacial score (nSPS) is 20.9. The maximum absolute atomic E-state index is 13.2. The number of nitrogens with zero attached hydrogens (tertiary/aromatic N) is 4. The zero-order valence-corrected chi connectivity index (χ0v) is 19.6. The summed E-state index contributed by atoms with van der Waals surface area (Å²) >= 11 is 3.53. The second-order valence-corrected chi connectivity index (χ2v) is 9.28. The lowest BCUT2D eigenvalue weighted by Gasteiger charge is -2.25. The van der Waals surface area contributed by atoms with Crippen LogP contribution in [-0.4, -0.2) is 66.3 Å². The molecule has 1 atom stereocenters. The number of carbonyl (C=O) groups is 2. The zero-order valence-electron chi connectivity index (χ0n) is 18.0. The van der Waals surface area contributed by atoms with Crippen molar-refractivity contribution in [3.8, 4) is 6.19 Å². The van der Waals surface area contributed by atoms with Gasteiger partial charge >= 0.3 is 0 Å². The number of guanidine groups is 1. The number of hydrogen-bond acceptors (Lipinski definition) is 5. The van der Waals surface area contributed by atoms with E-state index in [1.807, 2.05) is 17.2 Å². The number of hydrogen-bond donors (Lipinski definition) is 3. The SMILES string of the molecule is N#CNC(=NC1CCCCN(CC(=O)N2CCCC2)C1=O)Nc1cc(Br)cc2c1NCC2. The van der Waals surface area contributed by atoms with Gasteiger partial charge in [0.1, 0.15) is 6.04 Å². The molecule has 0 aromatic heterocycles. The third-order valence-corrected chi connectivity index (χ3v) is 6.59. The Kier molecular flexibility index (Phi) is 7.15. The fourth-order valence-corrected chi connectivity index (χ4v) is 5.02. The molecule has 3 aliphatic rings. The molecule has 0 aliphatic carbocycles. The highest BCUT2D eigenvalue weighted by Gasteiger charge is 2.30. The van der Waals surface area contributed by atoms with Gasteiger partial charge in [0.15, 0.2) is 6.19 Å². The van der Waals surface area contributed by atoms with Crippen molar-refractivity contribution < 1.29 is 9.59 Å². The Morgan fingerprint density at radius 1 is 1.25 bits per heavy atom. The number of aliphatic imine (C=N–C) groups is 1. The number of likely N-dealkylation sites (tertiary alicyclic amines) is 2. The first kappa shape index (κ1) is 22.4. The third-order valence-electron chi connectivity index (χ3n) is 6.13. The quantitative estimate of drug-likeness (QED) is 0.252. The molecule has 0 saturated carbocycles. The van der Waals surface area contributed by atoms with E-state index in [2.05, 4.69) is 42.9 Å². The topological polar surface area (TPSA) is 113 Å². The monoisotopic (exact) mass is 501 g/mol. The summed E-state index contributed by atoms with van der Waals surface area (Å²) in [4.78, 5) is 33.9. The molecule has 1 aromatic carbocycles. The fourth-order valence-electron chi connectivity index (χ4n) is 4.51. The number of nitriles is 1. The van der Waals surface area contributed by atoms with Gasteiger partial charge < -0.3 is 20.4 Å². The highest BCUT2D eigenvalue weighted by Crippen LogP contribution is 2.34. The number of amides is 2. The molecular formula is C22H28BrN7O2. The van der Waals surface area contributed by atoms with E-state index in [1.165, 1.54) is 5.56 Å². The summed E-state index contributed by atoms with van der Waals surface area (Å²) in [6.45, 7) is 3.05. The minimum atomic E-state index is -0.639. The molecule has 3 N–H and O–H groups in total. The largest absolute Gasteiger partial charge is 0.383 e. The minimum Gasteiger partial charge on any atom is -0.383 e. The Balaban J connectivity index is 1.51. The van der Waals surface area contributed by atoms with E-state index < -0.39 is 6.04 Å². The van der Waals surface area contributed by atoms with Gasteiger partial charge in [-0.2, -0.15) is 5.26 Å². The van der Waals surface area contributed by atoms with Gasteiger partial charge in [-0.1, -0.05) is 15.9 Å². The predicted molar refractivity (Wildman–Crippen MR) is 126 cm³/mol. The summed E-state index contributed by atoms with van der Waals surface area (Å²) in [6.07, 6.45) is 7.13. The van der Waals surface area contributed by atoms with E-state index in [0.29, 0.717) is 13.0 Å². The van der Waals surface area contributed by atoms with Crippen LogP contribution in [0.5, 0.6) is 0 Å². The molecule has 0 radical (unpaired) electrons. The van der Waals surface area contributed by atoms with Crippen LogP contribution in [0.15, 0.2) is 21.6 Å². The van der Waals surface area contributed by atoms with Crippen LogP contribution in [-0.2, 0) is 16.0 Å². The zero-order chi connectivity index (χ0) is 22.5. The minimum absolute atomic E-state index is 0.00440. The van der Waals surface area contributed by atoms with Crippen LogP contribution in [0.1, 0.15) is 37.7 Å². The number of rotatable bonds is 4. The molecule has 10 heteroatoms. The van der Waals surface area contributed by atoms with Gasteiger partial charge in [-0.05, 0) is 56.2 Å². The summed E-state index contributed by atoms with van der Waals surface area (Å²) < 4.78 is 0.927. The lowest BCUT2D eigenvalue weighted by atomic mass is 10.1. The first-order valence-corrected chi connectivity index (χ1v) is 12.0. The molecule has 4 rings (SSSR count). The standard InChI is InChI=1S/C22H28BrN7O2/c23-16-11-15-6-7-25-20(15)18(12-16)28-22(26-14-24)27-17-5-1-2-10-30(21(17)32)13-19(31)29-8-3-4-9-29/h11-12,17,25H,1-10,13H2,(H2,26,27,28). The van der Waals surface area contributed by atoms with E-state index in [4.69, 9.17) is 0 Å². The van der Waals surface area contributed by atoms with Crippen molar-refractivity contribution in [3.05, 3.63) is 22.2 Å². The lowest BCUT2D eigenvalue weighted by molar-refractivity contribution is -0.140. The van der Waals surface area contributed by atoms with Gasteiger partial charge in [0.25, 0.3) is 0 Å². The van der Waals surface area contributed by atoms with Crippen LogP contribution in [0.25, 0.3) is 0 Å². The van der Waals surface area contributed by atoms with Crippen molar-refractivity contribution in [3.63, 3.8) is 0 Å². The summed E-state index contributed by atoms with van der Waals surface area (Å²) in [7, 11) is 0. The first-order chi connectivity index (χ1) is 15.5. The van der Waals surface area contributed by atoms with E-state index in [0.717, 1.165) is 67.6 Å². The summed E-state index contributed by atoms with van der Waals surface area (Å²) in [5, 5.41) is 18.4. The van der Waals surface area contributed by atoms with E-state index >= 15 is 0 Å². The second-order valence-electron chi connectivity index (χ2n) is 8.36. The number of halogens is 1. The van der Waals surface area contributed by atoms with E-state index in [1.54, 1.807) is 4.90 Å². The predicted octanol–water partition coefficient (Wildman–Crippen LogP) is 2.26. The number of benzene rings is 1. The summed E-state index contributed by atoms with van der Waals surface area (Å²) in [6, 6.07) is 3.35. The highest BCUT2D eigenvalue weighted by molar-refractivity contribution is 9.10. The molecule has 2 saturated heterocycles. The molecule has 3 heterocycles. The number of fused-ring (bicyclic) bond motifs is 1. The number of anilines is 2. The van der Waals surface area contributed by atoms with Gasteiger partial charge in [0, 0.05) is 30.7 Å². The molecule has 9 nitrogen and oxygen atoms in total. The molecular weight excluding hydrogens is 474 g/mol.